The lowest BCUT2D eigenvalue weighted by molar-refractivity contribution is 0.538. The summed E-state index contributed by atoms with van der Waals surface area (Å²) in [5, 5.41) is 0.427. The topological polar surface area (TPSA) is 72.2 Å². The molecule has 0 spiro atoms. The number of rotatable bonds is 4. The molecule has 0 amide bonds. The molecule has 1 saturated carbocycles. The molecular weight excluding hydrogens is 260 g/mol. The molecule has 0 heterocycles. The Morgan fingerprint density at radius 1 is 1.47 bits per heavy atom. The first-order valence-corrected chi connectivity index (χ1v) is 7.33. The van der Waals surface area contributed by atoms with Crippen LogP contribution in [0.3, 0.4) is 0 Å². The van der Waals surface area contributed by atoms with Gasteiger partial charge in [-0.05, 0) is 43.9 Å². The van der Waals surface area contributed by atoms with Gasteiger partial charge >= 0.3 is 0 Å². The number of benzene rings is 1. The fourth-order valence-electron chi connectivity index (χ4n) is 1.76. The first kappa shape index (κ1) is 12.7. The van der Waals surface area contributed by atoms with Crippen molar-refractivity contribution in [2.45, 2.75) is 30.7 Å². The molecule has 4 nitrogen and oxygen atoms in total. The van der Waals surface area contributed by atoms with Gasteiger partial charge in [-0.25, -0.2) is 13.1 Å². The third-order valence-corrected chi connectivity index (χ3v) is 4.80. The van der Waals surface area contributed by atoms with E-state index in [4.69, 9.17) is 17.3 Å². The molecule has 1 aromatic carbocycles. The van der Waals surface area contributed by atoms with Crippen LogP contribution < -0.4 is 10.5 Å². The normalized spacial score (nSPS) is 18.0. The number of anilines is 1. The standard InChI is InChI=1S/C11H15ClN2O2S/c1-7(8-2-3-8)14-17(15,16)11-5-4-9(12)6-10(11)13/h4-8,14H,2-3,13H2,1H3. The minimum Gasteiger partial charge on any atom is -0.398 e. The summed E-state index contributed by atoms with van der Waals surface area (Å²) in [6.45, 7) is 1.88. The van der Waals surface area contributed by atoms with Crippen molar-refractivity contribution in [1.29, 1.82) is 0 Å². The number of halogens is 1. The number of hydrogen-bond donors (Lipinski definition) is 2. The monoisotopic (exact) mass is 274 g/mol. The van der Waals surface area contributed by atoms with Gasteiger partial charge in [0.2, 0.25) is 10.0 Å². The molecule has 6 heteroatoms. The Balaban J connectivity index is 2.24. The van der Waals surface area contributed by atoms with Gasteiger partial charge in [0.1, 0.15) is 4.90 Å². The van der Waals surface area contributed by atoms with Crippen molar-refractivity contribution < 1.29 is 8.42 Å². The molecule has 0 radical (unpaired) electrons. The maximum atomic E-state index is 12.1. The second kappa shape index (κ2) is 4.48. The molecule has 17 heavy (non-hydrogen) atoms. The van der Waals surface area contributed by atoms with Crippen LogP contribution in [0.1, 0.15) is 19.8 Å². The van der Waals surface area contributed by atoms with E-state index in [1.807, 2.05) is 6.92 Å². The van der Waals surface area contributed by atoms with Gasteiger partial charge in [0.15, 0.2) is 0 Å². The van der Waals surface area contributed by atoms with E-state index in [0.717, 1.165) is 12.8 Å². The maximum Gasteiger partial charge on any atom is 0.242 e. The SMILES string of the molecule is CC(NS(=O)(=O)c1ccc(Cl)cc1N)C1CC1. The Hall–Kier alpha value is -0.780. The Kier molecular flexibility index (Phi) is 3.34. The Labute approximate surface area is 106 Å². The van der Waals surface area contributed by atoms with Gasteiger partial charge in [-0.15, -0.1) is 0 Å². The van der Waals surface area contributed by atoms with Crippen LogP contribution in [0, 0.1) is 5.92 Å². The van der Waals surface area contributed by atoms with E-state index < -0.39 is 10.0 Å². The molecule has 1 atom stereocenters. The van der Waals surface area contributed by atoms with Crippen LogP contribution in [0.4, 0.5) is 5.69 Å². The number of nitrogens with one attached hydrogen (secondary N) is 1. The van der Waals surface area contributed by atoms with Crippen LogP contribution in [-0.4, -0.2) is 14.5 Å². The van der Waals surface area contributed by atoms with Crippen molar-refractivity contribution in [2.24, 2.45) is 5.92 Å². The average Bonchev–Trinajstić information content (AvgIpc) is 2.98. The van der Waals surface area contributed by atoms with E-state index in [1.165, 1.54) is 18.2 Å². The van der Waals surface area contributed by atoms with Crippen molar-refractivity contribution in [3.63, 3.8) is 0 Å². The first-order chi connectivity index (χ1) is 7.90. The molecule has 1 aromatic rings. The third-order valence-electron chi connectivity index (χ3n) is 2.93. The van der Waals surface area contributed by atoms with E-state index in [-0.39, 0.29) is 16.6 Å². The summed E-state index contributed by atoms with van der Waals surface area (Å²) < 4.78 is 26.8. The molecule has 0 aromatic heterocycles. The average molecular weight is 275 g/mol. The maximum absolute atomic E-state index is 12.1. The summed E-state index contributed by atoms with van der Waals surface area (Å²) in [5.41, 5.74) is 5.85. The van der Waals surface area contributed by atoms with Crippen LogP contribution in [0.15, 0.2) is 23.1 Å². The van der Waals surface area contributed by atoms with Crippen molar-refractivity contribution in [2.75, 3.05) is 5.73 Å². The smallest absolute Gasteiger partial charge is 0.242 e. The third kappa shape index (κ3) is 2.91. The molecule has 94 valence electrons. The second-order valence-electron chi connectivity index (χ2n) is 4.43. The van der Waals surface area contributed by atoms with Gasteiger partial charge in [0, 0.05) is 11.1 Å². The van der Waals surface area contributed by atoms with E-state index in [9.17, 15) is 8.42 Å². The largest absolute Gasteiger partial charge is 0.398 e. The van der Waals surface area contributed by atoms with Gasteiger partial charge in [-0.1, -0.05) is 11.6 Å². The summed E-state index contributed by atoms with van der Waals surface area (Å²) in [6, 6.07) is 4.35. The fourth-order valence-corrected chi connectivity index (χ4v) is 3.37. The highest BCUT2D eigenvalue weighted by atomic mass is 35.5. The molecule has 1 unspecified atom stereocenters. The lowest BCUT2D eigenvalue weighted by Crippen LogP contribution is -2.34. The van der Waals surface area contributed by atoms with Gasteiger partial charge < -0.3 is 5.73 Å². The second-order valence-corrected chi connectivity index (χ2v) is 6.55. The van der Waals surface area contributed by atoms with Crippen LogP contribution in [0.25, 0.3) is 0 Å². The molecular formula is C11H15ClN2O2S. The van der Waals surface area contributed by atoms with E-state index in [1.54, 1.807) is 0 Å². The highest BCUT2D eigenvalue weighted by Crippen LogP contribution is 2.33. The Morgan fingerprint density at radius 3 is 2.65 bits per heavy atom. The van der Waals surface area contributed by atoms with E-state index in [0.29, 0.717) is 10.9 Å². The van der Waals surface area contributed by atoms with Crippen molar-refractivity contribution in [3.8, 4) is 0 Å². The van der Waals surface area contributed by atoms with Gasteiger partial charge in [-0.3, -0.25) is 0 Å². The zero-order valence-electron chi connectivity index (χ0n) is 9.48. The Bertz CT molecular complexity index is 526. The summed E-state index contributed by atoms with van der Waals surface area (Å²) in [5.74, 6) is 0.457. The lowest BCUT2D eigenvalue weighted by atomic mass is 10.2. The van der Waals surface area contributed by atoms with E-state index >= 15 is 0 Å². The summed E-state index contributed by atoms with van der Waals surface area (Å²) in [6.07, 6.45) is 2.17. The zero-order valence-corrected chi connectivity index (χ0v) is 11.1. The molecule has 1 aliphatic rings. The molecule has 3 N–H and O–H groups in total. The van der Waals surface area contributed by atoms with Gasteiger partial charge in [0.05, 0.1) is 5.69 Å². The van der Waals surface area contributed by atoms with Crippen molar-refractivity contribution in [1.82, 2.24) is 4.72 Å². The number of nitrogens with two attached hydrogens (primary N) is 1. The molecule has 1 aliphatic carbocycles. The van der Waals surface area contributed by atoms with Crippen LogP contribution in [0.2, 0.25) is 5.02 Å². The minimum atomic E-state index is -3.55. The summed E-state index contributed by atoms with van der Waals surface area (Å²) >= 11 is 5.74. The van der Waals surface area contributed by atoms with Crippen LogP contribution >= 0.6 is 11.6 Å². The lowest BCUT2D eigenvalue weighted by Gasteiger charge is -2.14. The van der Waals surface area contributed by atoms with Gasteiger partial charge in [0.25, 0.3) is 0 Å². The molecule has 0 saturated heterocycles. The fraction of sp³-hybridized carbons (Fsp3) is 0.455. The number of nitrogen functional groups attached to an aromatic ring is 1. The molecule has 2 rings (SSSR count). The summed E-state index contributed by atoms with van der Waals surface area (Å²) in [4.78, 5) is 0.0920. The quantitative estimate of drug-likeness (QED) is 0.825. The van der Waals surface area contributed by atoms with Crippen molar-refractivity contribution in [3.05, 3.63) is 23.2 Å². The zero-order chi connectivity index (χ0) is 12.6. The summed E-state index contributed by atoms with van der Waals surface area (Å²) in [7, 11) is -3.55. The van der Waals surface area contributed by atoms with Crippen molar-refractivity contribution >= 4 is 27.3 Å². The van der Waals surface area contributed by atoms with E-state index in [2.05, 4.69) is 4.72 Å². The van der Waals surface area contributed by atoms with Crippen LogP contribution in [-0.2, 0) is 10.0 Å². The van der Waals surface area contributed by atoms with Crippen LogP contribution in [0.5, 0.6) is 0 Å². The Morgan fingerprint density at radius 2 is 2.12 bits per heavy atom. The predicted molar refractivity (Wildman–Crippen MR) is 68.4 cm³/mol. The number of hydrogen-bond acceptors (Lipinski definition) is 3. The van der Waals surface area contributed by atoms with Gasteiger partial charge in [-0.2, -0.15) is 0 Å². The highest BCUT2D eigenvalue weighted by Gasteiger charge is 2.31. The number of sulfonamides is 1. The highest BCUT2D eigenvalue weighted by molar-refractivity contribution is 7.89. The first-order valence-electron chi connectivity index (χ1n) is 5.47. The minimum absolute atomic E-state index is 0.0462. The predicted octanol–water partition coefficient (Wildman–Crippen LogP) is 2.00. The molecule has 0 aliphatic heterocycles. The molecule has 1 fully saturated rings. The molecule has 0 bridgehead atoms.